The molecule has 2 rings (SSSR count). The van der Waals surface area contributed by atoms with Crippen molar-refractivity contribution in [2.75, 3.05) is 11.9 Å². The molecule has 1 aromatic carbocycles. The summed E-state index contributed by atoms with van der Waals surface area (Å²) in [4.78, 5) is 16.2. The van der Waals surface area contributed by atoms with Gasteiger partial charge in [-0.15, -0.1) is 24.0 Å². The summed E-state index contributed by atoms with van der Waals surface area (Å²) in [5, 5.41) is 5.95. The third-order valence-corrected chi connectivity index (χ3v) is 3.67. The van der Waals surface area contributed by atoms with Crippen LogP contribution < -0.4 is 16.4 Å². The second kappa shape index (κ2) is 9.54. The summed E-state index contributed by atoms with van der Waals surface area (Å²) in [6.45, 7) is 6.81. The van der Waals surface area contributed by atoms with E-state index in [0.29, 0.717) is 19.0 Å². The van der Waals surface area contributed by atoms with Crippen LogP contribution in [0.1, 0.15) is 31.7 Å². The van der Waals surface area contributed by atoms with Gasteiger partial charge in [-0.3, -0.25) is 4.79 Å². The highest BCUT2D eigenvalue weighted by Gasteiger charge is 2.25. The smallest absolute Gasteiger partial charge is 0.227 e. The van der Waals surface area contributed by atoms with E-state index in [0.717, 1.165) is 36.1 Å². The highest BCUT2D eigenvalue weighted by atomic mass is 127. The van der Waals surface area contributed by atoms with Gasteiger partial charge in [-0.1, -0.05) is 30.7 Å². The first-order valence-corrected chi connectivity index (χ1v) is 7.62. The Hall–Kier alpha value is -1.57. The molecule has 1 aromatic rings. The predicted octanol–water partition coefficient (Wildman–Crippen LogP) is 3.02. The number of hydrogen-bond acceptors (Lipinski definition) is 2. The van der Waals surface area contributed by atoms with Crippen molar-refractivity contribution in [3.05, 3.63) is 42.0 Å². The van der Waals surface area contributed by atoms with Crippen LogP contribution >= 0.6 is 24.0 Å². The van der Waals surface area contributed by atoms with Crippen LogP contribution in [0.2, 0.25) is 0 Å². The average Bonchev–Trinajstić information content (AvgIpc) is 2.41. The summed E-state index contributed by atoms with van der Waals surface area (Å²) in [5.74, 6) is 0.699. The van der Waals surface area contributed by atoms with Crippen LogP contribution in [0, 0.1) is 5.92 Å². The molecule has 0 aliphatic heterocycles. The second-order valence-corrected chi connectivity index (χ2v) is 5.83. The first-order chi connectivity index (χ1) is 10.5. The lowest BCUT2D eigenvalue weighted by Crippen LogP contribution is -2.32. The van der Waals surface area contributed by atoms with E-state index in [1.807, 2.05) is 31.2 Å². The average molecular weight is 428 g/mol. The summed E-state index contributed by atoms with van der Waals surface area (Å²) in [7, 11) is 0. The topological polar surface area (TPSA) is 79.5 Å². The molecule has 5 nitrogen and oxygen atoms in total. The number of hydrogen-bond donors (Lipinski definition) is 3. The number of carbonyl (C=O) groups excluding carboxylic acids is 1. The fourth-order valence-electron chi connectivity index (χ4n) is 2.14. The Balaban J connectivity index is 0.00000264. The number of rotatable bonds is 6. The Morgan fingerprint density at radius 3 is 2.78 bits per heavy atom. The van der Waals surface area contributed by atoms with Gasteiger partial charge in [0, 0.05) is 18.2 Å². The van der Waals surface area contributed by atoms with Gasteiger partial charge >= 0.3 is 0 Å². The summed E-state index contributed by atoms with van der Waals surface area (Å²) in [5.41, 5.74) is 8.60. The molecule has 0 unspecified atom stereocenters. The van der Waals surface area contributed by atoms with Gasteiger partial charge in [-0.25, -0.2) is 4.99 Å². The fraction of sp³-hybridized carbons (Fsp3) is 0.412. The largest absolute Gasteiger partial charge is 0.370 e. The molecular weight excluding hydrogens is 403 g/mol. The molecule has 4 N–H and O–H groups in total. The lowest BCUT2D eigenvalue weighted by Gasteiger charge is -2.24. The SMILES string of the molecule is C=C(C)CNC(N)=NCc1cccc(NC(=O)C2CCC2)c1.I. The number of halogens is 1. The Kier molecular flexibility index (Phi) is 8.08. The quantitative estimate of drug-likeness (QED) is 0.282. The van der Waals surface area contributed by atoms with Gasteiger partial charge in [-0.2, -0.15) is 0 Å². The minimum atomic E-state index is 0. The van der Waals surface area contributed by atoms with Crippen molar-refractivity contribution in [3.8, 4) is 0 Å². The van der Waals surface area contributed by atoms with E-state index in [2.05, 4.69) is 22.2 Å². The van der Waals surface area contributed by atoms with Crippen molar-refractivity contribution in [1.29, 1.82) is 0 Å². The van der Waals surface area contributed by atoms with Gasteiger partial charge in [0.1, 0.15) is 0 Å². The first kappa shape index (κ1) is 19.5. The van der Waals surface area contributed by atoms with Crippen LogP contribution in [0.4, 0.5) is 5.69 Å². The zero-order valence-electron chi connectivity index (χ0n) is 13.5. The van der Waals surface area contributed by atoms with E-state index < -0.39 is 0 Å². The van der Waals surface area contributed by atoms with Gasteiger partial charge in [0.25, 0.3) is 0 Å². The van der Waals surface area contributed by atoms with Crippen LogP contribution in [0.5, 0.6) is 0 Å². The maximum Gasteiger partial charge on any atom is 0.227 e. The highest BCUT2D eigenvalue weighted by molar-refractivity contribution is 14.0. The normalized spacial score (nSPS) is 14.4. The van der Waals surface area contributed by atoms with E-state index in [4.69, 9.17) is 5.73 Å². The molecule has 6 heteroatoms. The van der Waals surface area contributed by atoms with E-state index in [1.54, 1.807) is 0 Å². The van der Waals surface area contributed by atoms with E-state index in [1.165, 1.54) is 0 Å². The third kappa shape index (κ3) is 6.60. The molecule has 0 spiro atoms. The molecule has 0 heterocycles. The van der Waals surface area contributed by atoms with Crippen molar-refractivity contribution in [2.45, 2.75) is 32.7 Å². The van der Waals surface area contributed by atoms with Crippen molar-refractivity contribution >= 4 is 41.5 Å². The molecule has 23 heavy (non-hydrogen) atoms. The van der Waals surface area contributed by atoms with Gasteiger partial charge in [0.05, 0.1) is 6.54 Å². The molecule has 1 saturated carbocycles. The molecule has 0 bridgehead atoms. The lowest BCUT2D eigenvalue weighted by molar-refractivity contribution is -0.122. The number of nitrogens with zero attached hydrogens (tertiary/aromatic N) is 1. The second-order valence-electron chi connectivity index (χ2n) is 5.83. The minimum absolute atomic E-state index is 0. The van der Waals surface area contributed by atoms with Crippen LogP contribution in [-0.4, -0.2) is 18.4 Å². The van der Waals surface area contributed by atoms with Gasteiger partial charge in [-0.05, 0) is 37.5 Å². The van der Waals surface area contributed by atoms with Crippen LogP contribution in [-0.2, 0) is 11.3 Å². The molecule has 0 atom stereocenters. The zero-order valence-corrected chi connectivity index (χ0v) is 15.8. The monoisotopic (exact) mass is 428 g/mol. The Morgan fingerprint density at radius 1 is 1.43 bits per heavy atom. The number of nitrogens with one attached hydrogen (secondary N) is 2. The summed E-state index contributed by atoms with van der Waals surface area (Å²) in [6, 6.07) is 7.71. The predicted molar refractivity (Wildman–Crippen MR) is 106 cm³/mol. The Bertz CT molecular complexity index is 582. The van der Waals surface area contributed by atoms with Crippen LogP contribution in [0.15, 0.2) is 41.4 Å². The van der Waals surface area contributed by atoms with Gasteiger partial charge in [0.15, 0.2) is 5.96 Å². The molecular formula is C17H25IN4O. The maximum absolute atomic E-state index is 11.9. The molecule has 0 radical (unpaired) electrons. The molecule has 126 valence electrons. The third-order valence-electron chi connectivity index (χ3n) is 3.67. The zero-order chi connectivity index (χ0) is 15.9. The molecule has 0 aromatic heterocycles. The lowest BCUT2D eigenvalue weighted by atomic mass is 9.85. The number of aliphatic imine (C=N–C) groups is 1. The maximum atomic E-state index is 11.9. The highest BCUT2D eigenvalue weighted by Crippen LogP contribution is 2.27. The van der Waals surface area contributed by atoms with E-state index in [-0.39, 0.29) is 35.8 Å². The molecule has 0 saturated heterocycles. The molecule has 1 aliphatic carbocycles. The Labute approximate surface area is 154 Å². The summed E-state index contributed by atoms with van der Waals surface area (Å²) < 4.78 is 0. The summed E-state index contributed by atoms with van der Waals surface area (Å²) >= 11 is 0. The van der Waals surface area contributed by atoms with Crippen molar-refractivity contribution in [3.63, 3.8) is 0 Å². The number of benzene rings is 1. The minimum Gasteiger partial charge on any atom is -0.370 e. The number of nitrogens with two attached hydrogens (primary N) is 1. The van der Waals surface area contributed by atoms with E-state index >= 15 is 0 Å². The first-order valence-electron chi connectivity index (χ1n) is 7.62. The van der Waals surface area contributed by atoms with Crippen LogP contribution in [0.3, 0.4) is 0 Å². The molecule has 1 fully saturated rings. The molecule has 1 aliphatic rings. The number of amides is 1. The van der Waals surface area contributed by atoms with Gasteiger partial charge in [0.2, 0.25) is 5.91 Å². The van der Waals surface area contributed by atoms with Crippen molar-refractivity contribution in [2.24, 2.45) is 16.6 Å². The summed E-state index contributed by atoms with van der Waals surface area (Å²) in [6.07, 6.45) is 3.16. The number of anilines is 1. The van der Waals surface area contributed by atoms with E-state index in [9.17, 15) is 4.79 Å². The van der Waals surface area contributed by atoms with Crippen molar-refractivity contribution < 1.29 is 4.79 Å². The Morgan fingerprint density at radius 2 is 2.17 bits per heavy atom. The standard InChI is InChI=1S/C17H24N4O.HI/c1-12(2)10-19-17(18)20-11-13-5-3-8-15(9-13)21-16(22)14-6-4-7-14;/h3,5,8-9,14H,1,4,6-7,10-11H2,2H3,(H,21,22)(H3,18,19,20);1H. The number of carbonyl (C=O) groups is 1. The molecule has 1 amide bonds. The van der Waals surface area contributed by atoms with Crippen molar-refractivity contribution in [1.82, 2.24) is 5.32 Å². The van der Waals surface area contributed by atoms with Crippen LogP contribution in [0.25, 0.3) is 0 Å². The fourth-order valence-corrected chi connectivity index (χ4v) is 2.14. The number of guanidine groups is 1. The van der Waals surface area contributed by atoms with Gasteiger partial charge < -0.3 is 16.4 Å².